The maximum Gasteiger partial charge on any atom is 0.344 e. The fourth-order valence-electron chi connectivity index (χ4n) is 4.68. The fraction of sp³-hybridized carbons (Fsp3) is 0.500. The topological polar surface area (TPSA) is 123 Å². The summed E-state index contributed by atoms with van der Waals surface area (Å²) in [5, 5.41) is 20.7. The van der Waals surface area contributed by atoms with Gasteiger partial charge in [0.25, 0.3) is 0 Å². The first kappa shape index (κ1) is 25.9. The number of aromatic nitrogens is 2. The van der Waals surface area contributed by atoms with Gasteiger partial charge < -0.3 is 20.6 Å². The van der Waals surface area contributed by atoms with Crippen LogP contribution in [-0.4, -0.2) is 85.4 Å². The minimum Gasteiger partial charge on any atom is -0.387 e. The molecule has 0 spiro atoms. The average Bonchev–Trinajstić information content (AvgIpc) is 3.42. The number of benzene rings is 1. The normalized spacial score (nSPS) is 17.2. The maximum atomic E-state index is 13.6. The molecule has 1 aromatic carbocycles. The van der Waals surface area contributed by atoms with Crippen molar-refractivity contribution in [1.82, 2.24) is 29.8 Å². The minimum absolute atomic E-state index is 0.149. The number of imidazole rings is 1. The third kappa shape index (κ3) is 5.04. The molecule has 0 aliphatic carbocycles. The molecule has 1 unspecified atom stereocenters. The van der Waals surface area contributed by atoms with Crippen molar-refractivity contribution < 1.29 is 19.5 Å². The molecule has 11 nitrogen and oxygen atoms in total. The molecule has 4 rings (SSSR count). The van der Waals surface area contributed by atoms with Crippen LogP contribution >= 0.6 is 11.6 Å². The van der Waals surface area contributed by atoms with Gasteiger partial charge in [-0.3, -0.25) is 9.80 Å². The van der Waals surface area contributed by atoms with Crippen LogP contribution in [0.1, 0.15) is 38.2 Å². The lowest BCUT2D eigenvalue weighted by atomic mass is 9.87. The highest BCUT2D eigenvalue weighted by Crippen LogP contribution is 2.25. The van der Waals surface area contributed by atoms with Gasteiger partial charge in [0.15, 0.2) is 0 Å². The van der Waals surface area contributed by atoms with Crippen LogP contribution in [0.5, 0.6) is 0 Å². The molecule has 3 N–H and O–H groups in total. The molecule has 2 aromatic rings. The molecule has 12 heteroatoms. The van der Waals surface area contributed by atoms with Crippen LogP contribution in [0, 0.1) is 6.92 Å². The number of anilines is 1. The lowest BCUT2D eigenvalue weighted by Gasteiger charge is -2.42. The van der Waals surface area contributed by atoms with Crippen LogP contribution in [-0.2, 0) is 11.3 Å². The summed E-state index contributed by atoms with van der Waals surface area (Å²) >= 11 is 5.90. The number of carbonyl (C=O) groups excluding carboxylic acids is 3. The quantitative estimate of drug-likeness (QED) is 0.518. The third-order valence-corrected chi connectivity index (χ3v) is 7.28. The first-order valence-corrected chi connectivity index (χ1v) is 12.5. The Morgan fingerprint density at radius 3 is 2.36 bits per heavy atom. The second-order valence-corrected chi connectivity index (χ2v) is 9.54. The first-order valence-electron chi connectivity index (χ1n) is 12.1. The number of amides is 4. The van der Waals surface area contributed by atoms with Crippen LogP contribution < -0.4 is 10.6 Å². The molecule has 2 aliphatic heterocycles. The molecule has 1 atom stereocenters. The van der Waals surface area contributed by atoms with E-state index in [-0.39, 0.29) is 24.8 Å². The van der Waals surface area contributed by atoms with Crippen LogP contribution in [0.3, 0.4) is 0 Å². The summed E-state index contributed by atoms with van der Waals surface area (Å²) in [6.45, 7) is 7.42. The molecule has 2 aliphatic rings. The molecule has 0 radical (unpaired) electrons. The van der Waals surface area contributed by atoms with Crippen LogP contribution in [0.25, 0.3) is 0 Å². The van der Waals surface area contributed by atoms with E-state index in [4.69, 9.17) is 11.6 Å². The molecule has 4 amide bonds. The molecule has 1 fully saturated rings. The van der Waals surface area contributed by atoms with Crippen molar-refractivity contribution in [3.63, 3.8) is 0 Å². The number of nitrogens with zero attached hydrogens (tertiary/aromatic N) is 5. The number of hydrogen-bond donors (Lipinski definition) is 3. The summed E-state index contributed by atoms with van der Waals surface area (Å²) in [5.74, 6) is 0.293. The number of fused-ring (bicyclic) bond motifs is 1. The first-order chi connectivity index (χ1) is 17.2. The van der Waals surface area contributed by atoms with Gasteiger partial charge in [-0.25, -0.2) is 24.1 Å². The van der Waals surface area contributed by atoms with Crippen molar-refractivity contribution in [2.24, 2.45) is 0 Å². The number of urea groups is 1. The van der Waals surface area contributed by atoms with Gasteiger partial charge in [0.05, 0.1) is 24.0 Å². The van der Waals surface area contributed by atoms with Crippen molar-refractivity contribution in [1.29, 1.82) is 0 Å². The summed E-state index contributed by atoms with van der Waals surface area (Å²) in [7, 11) is 0. The monoisotopic (exact) mass is 517 g/mol. The van der Waals surface area contributed by atoms with Gasteiger partial charge in [-0.1, -0.05) is 25.4 Å². The molecule has 36 heavy (non-hydrogen) atoms. The second kappa shape index (κ2) is 10.5. The molecule has 0 bridgehead atoms. The zero-order valence-corrected chi connectivity index (χ0v) is 21.5. The minimum atomic E-state index is -1.41. The van der Waals surface area contributed by atoms with E-state index in [1.807, 2.05) is 5.01 Å². The van der Waals surface area contributed by atoms with Gasteiger partial charge in [-0.05, 0) is 44.0 Å². The van der Waals surface area contributed by atoms with Gasteiger partial charge in [0, 0.05) is 36.9 Å². The smallest absolute Gasteiger partial charge is 0.344 e. The van der Waals surface area contributed by atoms with E-state index in [9.17, 15) is 19.5 Å². The number of aliphatic hydroxyl groups is 1. The molecule has 1 aromatic heterocycles. The Bertz CT molecular complexity index is 1120. The van der Waals surface area contributed by atoms with E-state index in [0.717, 1.165) is 5.69 Å². The lowest BCUT2D eigenvalue weighted by molar-refractivity contribution is -0.144. The van der Waals surface area contributed by atoms with Gasteiger partial charge in [0.2, 0.25) is 5.91 Å². The van der Waals surface area contributed by atoms with Crippen molar-refractivity contribution in [2.75, 3.05) is 31.5 Å². The van der Waals surface area contributed by atoms with Crippen molar-refractivity contribution in [3.8, 4) is 0 Å². The van der Waals surface area contributed by atoms with Crippen LogP contribution in [0.4, 0.5) is 15.3 Å². The Kier molecular flexibility index (Phi) is 7.53. The van der Waals surface area contributed by atoms with Crippen molar-refractivity contribution in [3.05, 3.63) is 47.0 Å². The highest BCUT2D eigenvalue weighted by atomic mass is 35.5. The molecule has 0 saturated carbocycles. The van der Waals surface area contributed by atoms with E-state index < -0.39 is 17.7 Å². The predicted octanol–water partition coefficient (Wildman–Crippen LogP) is 2.43. The standard InChI is InChI=1S/C24H32ClN7O4/c1-4-24(36,5-2)20(28-22(34)27-18-8-6-17(25)7-9-18)21(33)29-10-12-30(13-11-29)31-15-19-14-26-16(3)32(19)23(31)35/h6-9,14,20,36H,4-5,10-13,15H2,1-3H3,(H2,27,28,34). The number of nitrogens with one attached hydrogen (secondary N) is 2. The highest BCUT2D eigenvalue weighted by molar-refractivity contribution is 6.30. The Balaban J connectivity index is 1.41. The number of halogens is 1. The molecular weight excluding hydrogens is 486 g/mol. The molecule has 194 valence electrons. The van der Waals surface area contributed by atoms with E-state index in [1.54, 1.807) is 65.7 Å². The van der Waals surface area contributed by atoms with Gasteiger partial charge in [-0.2, -0.15) is 0 Å². The Hall–Kier alpha value is -3.15. The Morgan fingerprint density at radius 2 is 1.78 bits per heavy atom. The number of aryl methyl sites for hydroxylation is 1. The summed E-state index contributed by atoms with van der Waals surface area (Å²) in [6, 6.07) is 4.72. The third-order valence-electron chi connectivity index (χ3n) is 7.03. The summed E-state index contributed by atoms with van der Waals surface area (Å²) in [4.78, 5) is 45.0. The van der Waals surface area contributed by atoms with Gasteiger partial charge in [-0.15, -0.1) is 0 Å². The fourth-order valence-corrected chi connectivity index (χ4v) is 4.80. The summed E-state index contributed by atoms with van der Waals surface area (Å²) in [5.41, 5.74) is -0.0628. The Morgan fingerprint density at radius 1 is 1.14 bits per heavy atom. The number of piperazine rings is 1. The van der Waals surface area contributed by atoms with E-state index in [1.165, 1.54) is 0 Å². The van der Waals surface area contributed by atoms with E-state index >= 15 is 0 Å². The zero-order valence-electron chi connectivity index (χ0n) is 20.7. The Labute approximate surface area is 215 Å². The number of rotatable bonds is 7. The van der Waals surface area contributed by atoms with Crippen LogP contribution in [0.2, 0.25) is 5.02 Å². The molecule has 3 heterocycles. The van der Waals surface area contributed by atoms with Crippen LogP contribution in [0.15, 0.2) is 30.5 Å². The van der Waals surface area contributed by atoms with Crippen molar-refractivity contribution in [2.45, 2.75) is 51.8 Å². The molecule has 1 saturated heterocycles. The van der Waals surface area contributed by atoms with E-state index in [2.05, 4.69) is 15.6 Å². The van der Waals surface area contributed by atoms with Gasteiger partial charge >= 0.3 is 12.1 Å². The summed E-state index contributed by atoms with van der Waals surface area (Å²) < 4.78 is 1.60. The van der Waals surface area contributed by atoms with Crippen molar-refractivity contribution >= 4 is 35.3 Å². The highest BCUT2D eigenvalue weighted by Gasteiger charge is 2.43. The molecular formula is C24H32ClN7O4. The van der Waals surface area contributed by atoms with Gasteiger partial charge in [0.1, 0.15) is 11.9 Å². The zero-order chi connectivity index (χ0) is 26.0. The van der Waals surface area contributed by atoms with E-state index in [0.29, 0.717) is 49.3 Å². The number of hydrogen-bond acceptors (Lipinski definition) is 6. The number of carbonyl (C=O) groups is 3. The second-order valence-electron chi connectivity index (χ2n) is 9.10. The SMILES string of the molecule is CCC(O)(CC)C(NC(=O)Nc1ccc(Cl)cc1)C(=O)N1CCN(N2Cc3cnc(C)n3C2=O)CC1. The maximum absolute atomic E-state index is 13.6. The largest absolute Gasteiger partial charge is 0.387 e. The predicted molar refractivity (Wildman–Crippen MR) is 134 cm³/mol. The summed E-state index contributed by atoms with van der Waals surface area (Å²) in [6.07, 6.45) is 2.28. The lowest BCUT2D eigenvalue weighted by Crippen LogP contribution is -2.64. The average molecular weight is 518 g/mol. The number of hydrazine groups is 1.